The van der Waals surface area contributed by atoms with Crippen molar-refractivity contribution in [3.63, 3.8) is 0 Å². The quantitative estimate of drug-likeness (QED) is 0.705. The van der Waals surface area contributed by atoms with Crippen LogP contribution in [-0.2, 0) is 11.2 Å². The van der Waals surface area contributed by atoms with E-state index in [1.165, 1.54) is 0 Å². The first kappa shape index (κ1) is 17.8. The fourth-order valence-corrected chi connectivity index (χ4v) is 3.07. The smallest absolute Gasteiger partial charge is 0.290 e. The average molecular weight is 368 g/mol. The number of phenolic OH excluding ortho intramolecular Hbond substituents is 1. The topological polar surface area (TPSA) is 95.5 Å². The van der Waals surface area contributed by atoms with Gasteiger partial charge >= 0.3 is 0 Å². The maximum Gasteiger partial charge on any atom is 0.290 e. The molecular formula is C19H16N2O4S. The predicted molar refractivity (Wildman–Crippen MR) is 99.7 cm³/mol. The molecule has 26 heavy (non-hydrogen) atoms. The number of hydrogen-bond acceptors (Lipinski definition) is 5. The van der Waals surface area contributed by atoms with Crippen molar-refractivity contribution in [3.05, 3.63) is 70.1 Å². The molecule has 1 saturated heterocycles. The van der Waals surface area contributed by atoms with Crippen LogP contribution < -0.4 is 10.6 Å². The summed E-state index contributed by atoms with van der Waals surface area (Å²) in [6, 6.07) is 13.6. The molecule has 2 aromatic rings. The van der Waals surface area contributed by atoms with E-state index in [1.807, 2.05) is 12.1 Å². The minimum atomic E-state index is -0.406. The van der Waals surface area contributed by atoms with Gasteiger partial charge < -0.3 is 10.4 Å². The van der Waals surface area contributed by atoms with Crippen molar-refractivity contribution in [2.45, 2.75) is 6.42 Å². The molecule has 6 nitrogen and oxygen atoms in total. The molecule has 0 unspecified atom stereocenters. The SMILES string of the molecule is O=C1NC(=O)C(=Cc2ccc(C(=O)NCCc3ccc(O)cc3)cc2)S1. The molecule has 3 N–H and O–H groups in total. The molecule has 0 bridgehead atoms. The summed E-state index contributed by atoms with van der Waals surface area (Å²) in [5, 5.41) is 13.9. The third-order valence-corrected chi connectivity index (χ3v) is 4.56. The minimum absolute atomic E-state index is 0.189. The molecular weight excluding hydrogens is 352 g/mol. The largest absolute Gasteiger partial charge is 0.508 e. The number of phenols is 1. The highest BCUT2D eigenvalue weighted by Crippen LogP contribution is 2.25. The van der Waals surface area contributed by atoms with Gasteiger partial charge in [-0.3, -0.25) is 19.7 Å². The van der Waals surface area contributed by atoms with Gasteiger partial charge in [-0.2, -0.15) is 0 Å². The van der Waals surface area contributed by atoms with Crippen molar-refractivity contribution >= 4 is 34.9 Å². The normalized spacial score (nSPS) is 15.2. The number of aromatic hydroxyl groups is 1. The Labute approximate surface area is 154 Å². The van der Waals surface area contributed by atoms with Crippen LogP contribution in [0.5, 0.6) is 5.75 Å². The monoisotopic (exact) mass is 368 g/mol. The number of carbonyl (C=O) groups excluding carboxylic acids is 3. The van der Waals surface area contributed by atoms with E-state index in [1.54, 1.807) is 42.5 Å². The van der Waals surface area contributed by atoms with E-state index in [9.17, 15) is 19.5 Å². The molecule has 1 heterocycles. The van der Waals surface area contributed by atoms with Gasteiger partial charge in [-0.05, 0) is 59.7 Å². The van der Waals surface area contributed by atoms with Crippen LogP contribution in [0.3, 0.4) is 0 Å². The number of amides is 3. The van der Waals surface area contributed by atoms with Crippen LogP contribution in [-0.4, -0.2) is 28.7 Å². The van der Waals surface area contributed by atoms with Crippen LogP contribution in [0.25, 0.3) is 6.08 Å². The number of rotatable bonds is 5. The Morgan fingerprint density at radius 1 is 1.08 bits per heavy atom. The lowest BCUT2D eigenvalue weighted by Crippen LogP contribution is -2.25. The minimum Gasteiger partial charge on any atom is -0.508 e. The Balaban J connectivity index is 1.55. The molecule has 0 spiro atoms. The summed E-state index contributed by atoms with van der Waals surface area (Å²) >= 11 is 0.855. The van der Waals surface area contributed by atoms with Crippen LogP contribution >= 0.6 is 11.8 Å². The Morgan fingerprint density at radius 3 is 2.38 bits per heavy atom. The standard InChI is InChI=1S/C19H16N2O4S/c22-15-7-3-12(4-8-15)9-10-20-17(23)14-5-1-13(2-6-14)11-16-18(24)21-19(25)26-16/h1-8,11,22H,9-10H2,(H,20,23)(H,21,24,25). The van der Waals surface area contributed by atoms with Gasteiger partial charge in [0.05, 0.1) is 4.91 Å². The zero-order valence-electron chi connectivity index (χ0n) is 13.7. The summed E-state index contributed by atoms with van der Waals surface area (Å²) in [6.45, 7) is 0.480. The first-order chi connectivity index (χ1) is 12.5. The third-order valence-electron chi connectivity index (χ3n) is 3.75. The molecule has 0 aliphatic carbocycles. The second-order valence-electron chi connectivity index (χ2n) is 5.65. The van der Waals surface area contributed by atoms with E-state index in [0.29, 0.717) is 23.4 Å². The van der Waals surface area contributed by atoms with Crippen LogP contribution in [0.2, 0.25) is 0 Å². The fourth-order valence-electron chi connectivity index (χ4n) is 2.39. The van der Waals surface area contributed by atoms with Gasteiger partial charge in [-0.25, -0.2) is 0 Å². The Morgan fingerprint density at radius 2 is 1.77 bits per heavy atom. The molecule has 7 heteroatoms. The Bertz CT molecular complexity index is 873. The molecule has 0 radical (unpaired) electrons. The lowest BCUT2D eigenvalue weighted by atomic mass is 10.1. The summed E-state index contributed by atoms with van der Waals surface area (Å²) in [7, 11) is 0. The van der Waals surface area contributed by atoms with Crippen LogP contribution in [0, 0.1) is 0 Å². The molecule has 1 fully saturated rings. The maximum absolute atomic E-state index is 12.2. The lowest BCUT2D eigenvalue weighted by Gasteiger charge is -2.06. The number of carbonyl (C=O) groups is 3. The molecule has 2 aromatic carbocycles. The van der Waals surface area contributed by atoms with Gasteiger partial charge in [0.15, 0.2) is 0 Å². The van der Waals surface area contributed by atoms with Gasteiger partial charge in [0, 0.05) is 12.1 Å². The average Bonchev–Trinajstić information content (AvgIpc) is 2.94. The number of hydrogen-bond donors (Lipinski definition) is 3. The number of nitrogens with one attached hydrogen (secondary N) is 2. The van der Waals surface area contributed by atoms with E-state index in [-0.39, 0.29) is 16.9 Å². The third kappa shape index (κ3) is 4.52. The molecule has 0 saturated carbocycles. The second-order valence-corrected chi connectivity index (χ2v) is 6.66. The van der Waals surface area contributed by atoms with E-state index in [4.69, 9.17) is 0 Å². The zero-order chi connectivity index (χ0) is 18.5. The molecule has 3 amide bonds. The fraction of sp³-hybridized carbons (Fsp3) is 0.105. The zero-order valence-corrected chi connectivity index (χ0v) is 14.5. The van der Waals surface area contributed by atoms with Crippen LogP contribution in [0.1, 0.15) is 21.5 Å². The highest BCUT2D eigenvalue weighted by Gasteiger charge is 2.24. The summed E-state index contributed by atoms with van der Waals surface area (Å²) in [6.07, 6.45) is 2.27. The lowest BCUT2D eigenvalue weighted by molar-refractivity contribution is -0.115. The van der Waals surface area contributed by atoms with E-state index in [2.05, 4.69) is 10.6 Å². The van der Waals surface area contributed by atoms with Crippen molar-refractivity contribution in [2.24, 2.45) is 0 Å². The van der Waals surface area contributed by atoms with Crippen LogP contribution in [0.4, 0.5) is 4.79 Å². The van der Waals surface area contributed by atoms with Crippen molar-refractivity contribution in [1.29, 1.82) is 0 Å². The maximum atomic E-state index is 12.2. The summed E-state index contributed by atoms with van der Waals surface area (Å²) in [5.74, 6) is -0.382. The Hall–Kier alpha value is -3.06. The van der Waals surface area contributed by atoms with Gasteiger partial charge in [-0.1, -0.05) is 24.3 Å². The molecule has 0 aromatic heterocycles. The van der Waals surface area contributed by atoms with Crippen LogP contribution in [0.15, 0.2) is 53.4 Å². The van der Waals surface area contributed by atoms with Crippen molar-refractivity contribution in [2.75, 3.05) is 6.54 Å². The molecule has 132 valence electrons. The van der Waals surface area contributed by atoms with Gasteiger partial charge in [0.25, 0.3) is 17.1 Å². The second kappa shape index (κ2) is 7.88. The molecule has 1 aliphatic rings. The van der Waals surface area contributed by atoms with E-state index >= 15 is 0 Å². The van der Waals surface area contributed by atoms with Crippen molar-refractivity contribution in [3.8, 4) is 5.75 Å². The van der Waals surface area contributed by atoms with E-state index in [0.717, 1.165) is 22.9 Å². The van der Waals surface area contributed by atoms with Crippen molar-refractivity contribution in [1.82, 2.24) is 10.6 Å². The number of benzene rings is 2. The molecule has 3 rings (SSSR count). The summed E-state index contributed by atoms with van der Waals surface area (Å²) in [4.78, 5) is 35.2. The van der Waals surface area contributed by atoms with Gasteiger partial charge in [0.2, 0.25) is 0 Å². The van der Waals surface area contributed by atoms with Gasteiger partial charge in [-0.15, -0.1) is 0 Å². The molecule has 0 atom stereocenters. The number of imide groups is 1. The van der Waals surface area contributed by atoms with Crippen molar-refractivity contribution < 1.29 is 19.5 Å². The first-order valence-electron chi connectivity index (χ1n) is 7.92. The number of thioether (sulfide) groups is 1. The highest BCUT2D eigenvalue weighted by atomic mass is 32.2. The van der Waals surface area contributed by atoms with E-state index < -0.39 is 5.91 Å². The predicted octanol–water partition coefficient (Wildman–Crippen LogP) is 2.69. The summed E-state index contributed by atoms with van der Waals surface area (Å²) < 4.78 is 0. The van der Waals surface area contributed by atoms with Gasteiger partial charge in [0.1, 0.15) is 5.75 Å². The first-order valence-corrected chi connectivity index (χ1v) is 8.74. The summed E-state index contributed by atoms with van der Waals surface area (Å²) in [5.41, 5.74) is 2.27. The molecule has 1 aliphatic heterocycles. The highest BCUT2D eigenvalue weighted by molar-refractivity contribution is 8.18. The Kier molecular flexibility index (Phi) is 5.38.